The van der Waals surface area contributed by atoms with E-state index in [2.05, 4.69) is 0 Å². The van der Waals surface area contributed by atoms with Crippen LogP contribution in [0.3, 0.4) is 0 Å². The average molecular weight is 184 g/mol. The third kappa shape index (κ3) is 2.33. The molecule has 72 valence electrons. The molecule has 0 aliphatic carbocycles. The quantitative estimate of drug-likeness (QED) is 0.611. The van der Waals surface area contributed by atoms with Gasteiger partial charge in [-0.05, 0) is 0 Å². The van der Waals surface area contributed by atoms with Crippen LogP contribution in [0.5, 0.6) is 0 Å². The molecular formula is C6H11F3N2O. The Kier molecular flexibility index (Phi) is 2.60. The smallest absolute Gasteiger partial charge is 0.382 e. The van der Waals surface area contributed by atoms with Crippen molar-refractivity contribution >= 4 is 0 Å². The van der Waals surface area contributed by atoms with Gasteiger partial charge in [-0.2, -0.15) is 13.2 Å². The number of likely N-dealkylation sites (tertiary alicyclic amines) is 1. The van der Waals surface area contributed by atoms with Crippen LogP contribution in [0, 0.1) is 0 Å². The fourth-order valence-corrected chi connectivity index (χ4v) is 1.11. The van der Waals surface area contributed by atoms with E-state index >= 15 is 0 Å². The zero-order valence-electron chi connectivity index (χ0n) is 6.38. The van der Waals surface area contributed by atoms with Gasteiger partial charge in [-0.3, -0.25) is 4.90 Å². The van der Waals surface area contributed by atoms with Crippen LogP contribution in [0.4, 0.5) is 13.2 Å². The van der Waals surface area contributed by atoms with Gasteiger partial charge in [0.1, 0.15) is 0 Å². The highest BCUT2D eigenvalue weighted by Gasteiger charge is 2.40. The highest BCUT2D eigenvalue weighted by molar-refractivity contribution is 4.85. The second-order valence-electron chi connectivity index (χ2n) is 3.04. The number of rotatable bonds is 2. The second kappa shape index (κ2) is 3.20. The van der Waals surface area contributed by atoms with Gasteiger partial charge >= 0.3 is 6.18 Å². The van der Waals surface area contributed by atoms with Crippen LogP contribution in [0.15, 0.2) is 0 Å². The Morgan fingerprint density at radius 2 is 2.00 bits per heavy atom. The molecule has 12 heavy (non-hydrogen) atoms. The molecule has 1 aliphatic heterocycles. The summed E-state index contributed by atoms with van der Waals surface area (Å²) >= 11 is 0. The minimum absolute atomic E-state index is 0.0366. The Morgan fingerprint density at radius 1 is 1.50 bits per heavy atom. The largest absolute Gasteiger partial charge is 0.415 e. The van der Waals surface area contributed by atoms with Gasteiger partial charge in [0.15, 0.2) is 6.10 Å². The predicted molar refractivity (Wildman–Crippen MR) is 36.5 cm³/mol. The normalized spacial score (nSPS) is 23.8. The lowest BCUT2D eigenvalue weighted by molar-refractivity contribution is -0.210. The molecule has 1 rings (SSSR count). The fraction of sp³-hybridized carbons (Fsp3) is 1.00. The van der Waals surface area contributed by atoms with Gasteiger partial charge < -0.3 is 10.8 Å². The van der Waals surface area contributed by atoms with Crippen molar-refractivity contribution in [2.24, 2.45) is 5.73 Å². The summed E-state index contributed by atoms with van der Waals surface area (Å²) in [6.07, 6.45) is -6.76. The van der Waals surface area contributed by atoms with Crippen LogP contribution < -0.4 is 5.73 Å². The van der Waals surface area contributed by atoms with Gasteiger partial charge in [0, 0.05) is 25.7 Å². The molecule has 0 saturated carbocycles. The summed E-state index contributed by atoms with van der Waals surface area (Å²) in [6.45, 7) is 0.511. The van der Waals surface area contributed by atoms with E-state index in [0.717, 1.165) is 0 Å². The molecule has 0 radical (unpaired) electrons. The molecule has 6 heteroatoms. The van der Waals surface area contributed by atoms with Gasteiger partial charge in [0.25, 0.3) is 0 Å². The van der Waals surface area contributed by atoms with E-state index < -0.39 is 12.3 Å². The van der Waals surface area contributed by atoms with Crippen LogP contribution in [-0.4, -0.2) is 48.0 Å². The Balaban J connectivity index is 2.23. The van der Waals surface area contributed by atoms with Crippen molar-refractivity contribution in [2.75, 3.05) is 19.6 Å². The first kappa shape index (κ1) is 9.76. The molecule has 0 spiro atoms. The van der Waals surface area contributed by atoms with Gasteiger partial charge in [0.2, 0.25) is 0 Å². The van der Waals surface area contributed by atoms with Crippen LogP contribution in [0.1, 0.15) is 0 Å². The van der Waals surface area contributed by atoms with Crippen molar-refractivity contribution in [1.29, 1.82) is 0 Å². The number of halogens is 3. The van der Waals surface area contributed by atoms with Gasteiger partial charge in [-0.1, -0.05) is 0 Å². The Labute approximate surface area is 67.9 Å². The monoisotopic (exact) mass is 184 g/mol. The third-order valence-corrected chi connectivity index (χ3v) is 1.79. The zero-order valence-corrected chi connectivity index (χ0v) is 6.38. The first-order valence-electron chi connectivity index (χ1n) is 3.62. The lowest BCUT2D eigenvalue weighted by atomic mass is 10.1. The summed E-state index contributed by atoms with van der Waals surface area (Å²) in [7, 11) is 0. The number of hydrogen-bond donors (Lipinski definition) is 2. The molecule has 0 amide bonds. The molecule has 1 aliphatic rings. The first-order valence-corrected chi connectivity index (χ1v) is 3.62. The summed E-state index contributed by atoms with van der Waals surface area (Å²) in [6, 6.07) is -0.0366. The summed E-state index contributed by atoms with van der Waals surface area (Å²) in [4.78, 5) is 1.48. The molecule has 1 heterocycles. The van der Waals surface area contributed by atoms with Gasteiger partial charge in [0.05, 0.1) is 0 Å². The number of aliphatic hydroxyl groups excluding tert-OH is 1. The number of hydrogen-bond acceptors (Lipinski definition) is 3. The number of alkyl halides is 3. The molecule has 1 atom stereocenters. The molecular weight excluding hydrogens is 173 g/mol. The van der Waals surface area contributed by atoms with Crippen molar-refractivity contribution in [3.05, 3.63) is 0 Å². The van der Waals surface area contributed by atoms with Crippen LogP contribution in [0.25, 0.3) is 0 Å². The second-order valence-corrected chi connectivity index (χ2v) is 3.04. The highest BCUT2D eigenvalue weighted by Crippen LogP contribution is 2.21. The minimum atomic E-state index is -4.51. The maximum atomic E-state index is 11.8. The Morgan fingerprint density at radius 3 is 2.33 bits per heavy atom. The zero-order chi connectivity index (χ0) is 9.35. The van der Waals surface area contributed by atoms with Crippen molar-refractivity contribution in [1.82, 2.24) is 4.90 Å². The lowest BCUT2D eigenvalue weighted by Crippen LogP contribution is -2.58. The van der Waals surface area contributed by atoms with Gasteiger partial charge in [-0.25, -0.2) is 0 Å². The van der Waals surface area contributed by atoms with Crippen LogP contribution >= 0.6 is 0 Å². The van der Waals surface area contributed by atoms with E-state index in [0.29, 0.717) is 13.1 Å². The van der Waals surface area contributed by atoms with E-state index in [1.807, 2.05) is 0 Å². The topological polar surface area (TPSA) is 49.5 Å². The molecule has 1 fully saturated rings. The van der Waals surface area contributed by atoms with Crippen LogP contribution in [0.2, 0.25) is 0 Å². The van der Waals surface area contributed by atoms with Crippen molar-refractivity contribution in [2.45, 2.75) is 18.3 Å². The SMILES string of the molecule is NC1CN(CC(O)C(F)(F)F)C1. The van der Waals surface area contributed by atoms with E-state index in [-0.39, 0.29) is 12.6 Å². The number of aliphatic hydroxyl groups is 1. The molecule has 0 aromatic carbocycles. The van der Waals surface area contributed by atoms with Crippen molar-refractivity contribution < 1.29 is 18.3 Å². The minimum Gasteiger partial charge on any atom is -0.382 e. The maximum Gasteiger partial charge on any atom is 0.415 e. The molecule has 0 aromatic rings. The third-order valence-electron chi connectivity index (χ3n) is 1.79. The van der Waals surface area contributed by atoms with E-state index in [1.54, 1.807) is 0 Å². The van der Waals surface area contributed by atoms with E-state index in [9.17, 15) is 13.2 Å². The van der Waals surface area contributed by atoms with E-state index in [1.165, 1.54) is 4.90 Å². The molecule has 0 bridgehead atoms. The highest BCUT2D eigenvalue weighted by atomic mass is 19.4. The molecule has 1 saturated heterocycles. The van der Waals surface area contributed by atoms with Crippen molar-refractivity contribution in [3.63, 3.8) is 0 Å². The van der Waals surface area contributed by atoms with Gasteiger partial charge in [-0.15, -0.1) is 0 Å². The molecule has 3 nitrogen and oxygen atoms in total. The molecule has 1 unspecified atom stereocenters. The summed E-state index contributed by atoms with van der Waals surface area (Å²) in [5, 5.41) is 8.60. The van der Waals surface area contributed by atoms with Crippen LogP contribution in [-0.2, 0) is 0 Å². The molecule has 0 aromatic heterocycles. The first-order chi connectivity index (χ1) is 5.39. The number of β-amino-alcohol motifs (C(OH)–C–C–N with tert-alkyl or cyclic N) is 1. The molecule has 3 N–H and O–H groups in total. The van der Waals surface area contributed by atoms with E-state index in [4.69, 9.17) is 10.8 Å². The Hall–Kier alpha value is -0.330. The predicted octanol–water partition coefficient (Wildman–Crippen LogP) is -0.448. The maximum absolute atomic E-state index is 11.8. The Bertz CT molecular complexity index is 155. The average Bonchev–Trinajstić information content (AvgIpc) is 1.82. The lowest BCUT2D eigenvalue weighted by Gasteiger charge is -2.38. The standard InChI is InChI=1S/C6H11F3N2O/c7-6(8,9)5(12)3-11-1-4(10)2-11/h4-5,12H,1-3,10H2. The number of nitrogens with zero attached hydrogens (tertiary/aromatic N) is 1. The summed E-state index contributed by atoms with van der Waals surface area (Å²) in [5.74, 6) is 0. The van der Waals surface area contributed by atoms with Crippen molar-refractivity contribution in [3.8, 4) is 0 Å². The fourth-order valence-electron chi connectivity index (χ4n) is 1.11. The number of nitrogens with two attached hydrogens (primary N) is 1. The summed E-state index contributed by atoms with van der Waals surface area (Å²) in [5.41, 5.74) is 5.35. The summed E-state index contributed by atoms with van der Waals surface area (Å²) < 4.78 is 35.3.